The van der Waals surface area contributed by atoms with E-state index in [1.54, 1.807) is 24.3 Å². The van der Waals surface area contributed by atoms with E-state index in [0.29, 0.717) is 10.7 Å². The van der Waals surface area contributed by atoms with Gasteiger partial charge in [-0.25, -0.2) is 8.42 Å². The number of nitrogens with zero attached hydrogens (tertiary/aromatic N) is 2. The summed E-state index contributed by atoms with van der Waals surface area (Å²) >= 11 is 5.88. The van der Waals surface area contributed by atoms with Crippen LogP contribution in [0.1, 0.15) is 12.5 Å². The van der Waals surface area contributed by atoms with Gasteiger partial charge in [-0.05, 0) is 48.9 Å². The molecule has 2 amide bonds. The third kappa shape index (κ3) is 7.57. The molecular formula is C22H29ClN6O5S. The Bertz CT molecular complexity index is 1160. The Morgan fingerprint density at radius 3 is 2.20 bits per heavy atom. The smallest absolute Gasteiger partial charge is 0.249 e. The van der Waals surface area contributed by atoms with Crippen LogP contribution in [0, 0.1) is 5.41 Å². The molecule has 11 nitrogen and oxygen atoms in total. The Kier molecular flexibility index (Phi) is 9.46. The summed E-state index contributed by atoms with van der Waals surface area (Å²) in [6.45, 7) is 0.873. The molecule has 35 heavy (non-hydrogen) atoms. The van der Waals surface area contributed by atoms with Gasteiger partial charge in [0, 0.05) is 24.3 Å². The van der Waals surface area contributed by atoms with E-state index in [-0.39, 0.29) is 18.2 Å². The fourth-order valence-electron chi connectivity index (χ4n) is 3.24. The van der Waals surface area contributed by atoms with E-state index >= 15 is 0 Å². The van der Waals surface area contributed by atoms with E-state index in [1.807, 2.05) is 0 Å². The topological polar surface area (TPSA) is 169 Å². The predicted molar refractivity (Wildman–Crippen MR) is 136 cm³/mol. The van der Waals surface area contributed by atoms with E-state index in [4.69, 9.17) is 22.7 Å². The maximum atomic E-state index is 13.2. The Morgan fingerprint density at radius 1 is 1.14 bits per heavy atom. The van der Waals surface area contributed by atoms with Crippen molar-refractivity contribution >= 4 is 50.8 Å². The number of likely N-dealkylation sites (N-methyl/N-ethyl adjacent to an activating group) is 1. The number of hydrogen-bond donors (Lipinski definition) is 5. The van der Waals surface area contributed by atoms with Crippen LogP contribution in [0.4, 0.5) is 11.4 Å². The van der Waals surface area contributed by atoms with Crippen LogP contribution in [-0.2, 0) is 26.2 Å². The second-order valence-corrected chi connectivity index (χ2v) is 10.1. The molecule has 0 fully saturated rings. The summed E-state index contributed by atoms with van der Waals surface area (Å²) in [5, 5.41) is 22.9. The van der Waals surface area contributed by atoms with Crippen molar-refractivity contribution in [2.24, 2.45) is 5.73 Å². The fourth-order valence-corrected chi connectivity index (χ4v) is 4.49. The zero-order valence-electron chi connectivity index (χ0n) is 19.5. The first-order chi connectivity index (χ1) is 16.3. The molecule has 0 aliphatic carbocycles. The first-order valence-electron chi connectivity index (χ1n) is 10.4. The van der Waals surface area contributed by atoms with Gasteiger partial charge in [-0.3, -0.25) is 19.3 Å². The molecule has 0 heterocycles. The maximum absolute atomic E-state index is 13.2. The molecule has 2 aromatic rings. The number of hydrogen-bond acceptors (Lipinski definition) is 6. The van der Waals surface area contributed by atoms with Gasteiger partial charge in [-0.2, -0.15) is 0 Å². The number of nitrogens with two attached hydrogens (primary N) is 1. The number of halogens is 1. The molecular weight excluding hydrogens is 496 g/mol. The highest BCUT2D eigenvalue weighted by Crippen LogP contribution is 2.24. The van der Waals surface area contributed by atoms with Crippen molar-refractivity contribution in [2.75, 3.05) is 29.5 Å². The molecule has 6 N–H and O–H groups in total. The summed E-state index contributed by atoms with van der Waals surface area (Å²) in [5.41, 5.74) is 6.83. The van der Waals surface area contributed by atoms with Crippen molar-refractivity contribution in [3.63, 3.8) is 0 Å². The summed E-state index contributed by atoms with van der Waals surface area (Å²) in [7, 11) is -2.61. The molecule has 0 saturated heterocycles. The van der Waals surface area contributed by atoms with Crippen LogP contribution in [0.2, 0.25) is 5.02 Å². The van der Waals surface area contributed by atoms with Crippen LogP contribution in [-0.4, -0.2) is 68.2 Å². The minimum absolute atomic E-state index is 0.150. The zero-order valence-corrected chi connectivity index (χ0v) is 21.1. The Balaban J connectivity index is 2.12. The van der Waals surface area contributed by atoms with Gasteiger partial charge in [-0.15, -0.1) is 0 Å². The molecule has 2 rings (SSSR count). The van der Waals surface area contributed by atoms with Crippen molar-refractivity contribution in [1.29, 1.82) is 5.41 Å². The third-order valence-electron chi connectivity index (χ3n) is 5.19. The summed E-state index contributed by atoms with van der Waals surface area (Å²) in [6.07, 6.45) is 0.922. The third-order valence-corrected chi connectivity index (χ3v) is 6.62. The average molecular weight is 525 g/mol. The molecule has 2 unspecified atom stereocenters. The van der Waals surface area contributed by atoms with Crippen molar-refractivity contribution in [3.8, 4) is 0 Å². The molecule has 0 aliphatic rings. The quantitative estimate of drug-likeness (QED) is 0.227. The minimum atomic E-state index is -3.97. The van der Waals surface area contributed by atoms with Crippen molar-refractivity contribution in [2.45, 2.75) is 25.6 Å². The van der Waals surface area contributed by atoms with Crippen LogP contribution in [0.5, 0.6) is 0 Å². The molecule has 2 aromatic carbocycles. The lowest BCUT2D eigenvalue weighted by Gasteiger charge is -2.34. The number of amides is 2. The number of aliphatic hydroxyl groups excluding tert-OH is 1. The molecule has 0 saturated carbocycles. The zero-order chi connectivity index (χ0) is 26.3. The van der Waals surface area contributed by atoms with E-state index < -0.39 is 40.5 Å². The molecule has 0 spiro atoms. The average Bonchev–Trinajstić information content (AvgIpc) is 2.80. The molecule has 0 aliphatic heterocycles. The standard InChI is InChI=1S/C22H29ClN6O5S/c1-14(20(31)26-12-15-4-8-17(9-5-15)27-22(24)25)28(2)21(32)19(13-30)29(35(3,33)34)18-10-6-16(23)7-11-18/h4-11,14,19,30H,12-13H2,1-3H3,(H,26,31)(H4,24,25,27). The van der Waals surface area contributed by atoms with Gasteiger partial charge in [0.05, 0.1) is 18.6 Å². The van der Waals surface area contributed by atoms with Gasteiger partial charge in [-0.1, -0.05) is 23.7 Å². The second-order valence-electron chi connectivity index (χ2n) is 7.81. The Hall–Kier alpha value is -3.35. The highest BCUT2D eigenvalue weighted by atomic mass is 35.5. The number of aliphatic hydroxyl groups is 1. The van der Waals surface area contributed by atoms with Crippen LogP contribution >= 0.6 is 11.6 Å². The highest BCUT2D eigenvalue weighted by Gasteiger charge is 2.36. The molecule has 0 aromatic heterocycles. The number of rotatable bonds is 10. The van der Waals surface area contributed by atoms with E-state index in [2.05, 4.69) is 10.6 Å². The summed E-state index contributed by atoms with van der Waals surface area (Å²) < 4.78 is 25.8. The number of sulfonamides is 1. The molecule has 190 valence electrons. The Morgan fingerprint density at radius 2 is 1.71 bits per heavy atom. The number of carbonyl (C=O) groups excluding carboxylic acids is 2. The lowest BCUT2D eigenvalue weighted by atomic mass is 10.1. The van der Waals surface area contributed by atoms with Crippen LogP contribution in [0.3, 0.4) is 0 Å². The largest absolute Gasteiger partial charge is 0.394 e. The van der Waals surface area contributed by atoms with E-state index in [1.165, 1.54) is 38.2 Å². The number of guanidine groups is 1. The lowest BCUT2D eigenvalue weighted by molar-refractivity contribution is -0.139. The lowest BCUT2D eigenvalue weighted by Crippen LogP contribution is -2.56. The summed E-state index contributed by atoms with van der Waals surface area (Å²) in [4.78, 5) is 26.9. The van der Waals surface area contributed by atoms with E-state index in [0.717, 1.165) is 21.0 Å². The van der Waals surface area contributed by atoms with Gasteiger partial charge in [0.1, 0.15) is 12.1 Å². The van der Waals surface area contributed by atoms with Gasteiger partial charge in [0.2, 0.25) is 21.8 Å². The maximum Gasteiger partial charge on any atom is 0.249 e. The van der Waals surface area contributed by atoms with Gasteiger partial charge in [0.15, 0.2) is 5.96 Å². The van der Waals surface area contributed by atoms with Crippen molar-refractivity contribution in [1.82, 2.24) is 10.2 Å². The highest BCUT2D eigenvalue weighted by molar-refractivity contribution is 7.92. The first-order valence-corrected chi connectivity index (χ1v) is 12.7. The SMILES string of the molecule is CC(C(=O)NCc1ccc(NC(=N)N)cc1)N(C)C(=O)C(CO)N(c1ccc(Cl)cc1)S(C)(=O)=O. The van der Waals surface area contributed by atoms with Crippen molar-refractivity contribution < 1.29 is 23.1 Å². The molecule has 2 atom stereocenters. The summed E-state index contributed by atoms with van der Waals surface area (Å²) in [5.74, 6) is -1.42. The van der Waals surface area contributed by atoms with Gasteiger partial charge < -0.3 is 26.4 Å². The van der Waals surface area contributed by atoms with Crippen LogP contribution < -0.4 is 20.7 Å². The Labute approximate surface area is 209 Å². The van der Waals surface area contributed by atoms with Crippen molar-refractivity contribution in [3.05, 3.63) is 59.1 Å². The number of carbonyl (C=O) groups is 2. The second kappa shape index (κ2) is 11.9. The van der Waals surface area contributed by atoms with E-state index in [9.17, 15) is 23.1 Å². The number of nitrogens with one attached hydrogen (secondary N) is 3. The number of benzene rings is 2. The predicted octanol–water partition coefficient (Wildman–Crippen LogP) is 0.936. The number of anilines is 2. The monoisotopic (exact) mass is 524 g/mol. The summed E-state index contributed by atoms with van der Waals surface area (Å²) in [6, 6.07) is 10.2. The normalized spacial score (nSPS) is 12.8. The molecule has 13 heteroatoms. The van der Waals surface area contributed by atoms with Crippen LogP contribution in [0.25, 0.3) is 0 Å². The van der Waals surface area contributed by atoms with Gasteiger partial charge >= 0.3 is 0 Å². The fraction of sp³-hybridized carbons (Fsp3) is 0.318. The van der Waals surface area contributed by atoms with Gasteiger partial charge in [0.25, 0.3) is 0 Å². The first kappa shape index (κ1) is 27.9. The minimum Gasteiger partial charge on any atom is -0.394 e. The molecule has 0 radical (unpaired) electrons. The van der Waals surface area contributed by atoms with Crippen LogP contribution in [0.15, 0.2) is 48.5 Å². The molecule has 0 bridgehead atoms.